The number of aromatic nitrogens is 3. The Bertz CT molecular complexity index is 1220. The largest absolute Gasteiger partial charge is 0.463 e. The lowest BCUT2D eigenvalue weighted by atomic mass is 10.1. The highest BCUT2D eigenvalue weighted by molar-refractivity contribution is 7.98. The SMILES string of the molecule is CSc1nc(/N=C/N(C)C)c2c([N+](=O)[O-])cn(CO[C@H](COC(C)=O)[C@@H](OC(C)=O)C(C)OC(C)=O)c2n1. The molecule has 2 heterocycles. The molecule has 2 rings (SSSR count). The lowest BCUT2D eigenvalue weighted by Crippen LogP contribution is -2.45. The molecule has 3 atom stereocenters. The fraction of sp³-hybridized carbons (Fsp3) is 0.545. The number of ether oxygens (including phenoxy) is 4. The van der Waals surface area contributed by atoms with Crippen LogP contribution in [0.15, 0.2) is 16.3 Å². The van der Waals surface area contributed by atoms with Crippen molar-refractivity contribution in [2.45, 2.75) is 57.9 Å². The van der Waals surface area contributed by atoms with Crippen LogP contribution in [0, 0.1) is 10.1 Å². The van der Waals surface area contributed by atoms with E-state index >= 15 is 0 Å². The second-order valence-electron chi connectivity index (χ2n) is 8.21. The van der Waals surface area contributed by atoms with Gasteiger partial charge in [-0.25, -0.2) is 15.0 Å². The van der Waals surface area contributed by atoms with Gasteiger partial charge in [0.2, 0.25) is 0 Å². The van der Waals surface area contributed by atoms with E-state index in [0.717, 1.165) is 6.92 Å². The van der Waals surface area contributed by atoms with Crippen LogP contribution in [0.2, 0.25) is 0 Å². The van der Waals surface area contributed by atoms with Gasteiger partial charge in [0, 0.05) is 34.9 Å². The van der Waals surface area contributed by atoms with Gasteiger partial charge in [0.25, 0.3) is 5.69 Å². The van der Waals surface area contributed by atoms with Crippen molar-refractivity contribution in [2.24, 2.45) is 4.99 Å². The summed E-state index contributed by atoms with van der Waals surface area (Å²) in [6.07, 6.45) is 1.18. The Labute approximate surface area is 222 Å². The first kappa shape index (κ1) is 30.4. The molecule has 0 aliphatic carbocycles. The zero-order valence-electron chi connectivity index (χ0n) is 22.1. The molecule has 1 unspecified atom stereocenters. The minimum absolute atomic E-state index is 0.0934. The van der Waals surface area contributed by atoms with Crippen LogP contribution in [0.4, 0.5) is 11.5 Å². The highest BCUT2D eigenvalue weighted by Crippen LogP contribution is 2.35. The van der Waals surface area contributed by atoms with Gasteiger partial charge in [-0.2, -0.15) is 0 Å². The molecule has 15 nitrogen and oxygen atoms in total. The first-order valence-electron chi connectivity index (χ1n) is 11.2. The van der Waals surface area contributed by atoms with Crippen LogP contribution >= 0.6 is 11.8 Å². The Morgan fingerprint density at radius 2 is 1.84 bits per heavy atom. The lowest BCUT2D eigenvalue weighted by molar-refractivity contribution is -0.383. The maximum absolute atomic E-state index is 11.9. The third kappa shape index (κ3) is 8.37. The Kier molecular flexibility index (Phi) is 10.9. The second kappa shape index (κ2) is 13.7. The molecule has 0 bridgehead atoms. The summed E-state index contributed by atoms with van der Waals surface area (Å²) < 4.78 is 22.9. The normalized spacial score (nSPS) is 13.7. The van der Waals surface area contributed by atoms with Crippen LogP contribution in [0.5, 0.6) is 0 Å². The molecule has 0 spiro atoms. The zero-order valence-corrected chi connectivity index (χ0v) is 22.9. The van der Waals surface area contributed by atoms with E-state index in [1.54, 1.807) is 25.3 Å². The fourth-order valence-corrected chi connectivity index (χ4v) is 3.68. The number of aliphatic imine (C=N–C) groups is 1. The third-order valence-corrected chi connectivity index (χ3v) is 5.36. The molecule has 0 amide bonds. The number of nitrogens with zero attached hydrogens (tertiary/aromatic N) is 6. The van der Waals surface area contributed by atoms with E-state index in [9.17, 15) is 24.5 Å². The average molecular weight is 555 g/mol. The summed E-state index contributed by atoms with van der Waals surface area (Å²) in [5, 5.41) is 12.3. The highest BCUT2D eigenvalue weighted by atomic mass is 32.2. The van der Waals surface area contributed by atoms with Crippen LogP contribution in [0.25, 0.3) is 11.0 Å². The average Bonchev–Trinajstić information content (AvgIpc) is 3.19. The quantitative estimate of drug-likeness (QED) is 0.0514. The van der Waals surface area contributed by atoms with Gasteiger partial charge in [0.15, 0.2) is 22.7 Å². The van der Waals surface area contributed by atoms with Crippen LogP contribution in [0.1, 0.15) is 27.7 Å². The maximum atomic E-state index is 11.9. The Morgan fingerprint density at radius 1 is 1.18 bits per heavy atom. The molecule has 0 aliphatic heterocycles. The smallest absolute Gasteiger partial charge is 0.303 e. The van der Waals surface area contributed by atoms with Crippen LogP contribution in [-0.2, 0) is 40.1 Å². The second-order valence-corrected chi connectivity index (χ2v) is 8.98. The van der Waals surface area contributed by atoms with E-state index in [0.29, 0.717) is 5.16 Å². The zero-order chi connectivity index (χ0) is 28.6. The number of hydrogen-bond acceptors (Lipinski definition) is 13. The van der Waals surface area contributed by atoms with Crippen molar-refractivity contribution in [3.05, 3.63) is 16.3 Å². The van der Waals surface area contributed by atoms with Crippen molar-refractivity contribution >= 4 is 58.5 Å². The molecular weight excluding hydrogens is 524 g/mol. The molecule has 2 aromatic rings. The van der Waals surface area contributed by atoms with Gasteiger partial charge in [-0.3, -0.25) is 24.5 Å². The van der Waals surface area contributed by atoms with Crippen molar-refractivity contribution in [1.29, 1.82) is 0 Å². The van der Waals surface area contributed by atoms with Crippen LogP contribution < -0.4 is 0 Å². The predicted octanol–water partition coefficient (Wildman–Crippen LogP) is 2.07. The predicted molar refractivity (Wildman–Crippen MR) is 136 cm³/mol. The molecule has 0 saturated carbocycles. The number of thioether (sulfide) groups is 1. The number of esters is 3. The van der Waals surface area contributed by atoms with Gasteiger partial charge >= 0.3 is 17.9 Å². The van der Waals surface area contributed by atoms with Crippen molar-refractivity contribution < 1.29 is 38.3 Å². The molecule has 208 valence electrons. The summed E-state index contributed by atoms with van der Waals surface area (Å²) in [4.78, 5) is 60.7. The molecular formula is C22H30N6O9S. The van der Waals surface area contributed by atoms with E-state index in [2.05, 4.69) is 15.0 Å². The molecule has 0 saturated heterocycles. The van der Waals surface area contributed by atoms with Gasteiger partial charge < -0.3 is 28.4 Å². The van der Waals surface area contributed by atoms with Crippen molar-refractivity contribution in [2.75, 3.05) is 27.0 Å². The van der Waals surface area contributed by atoms with Crippen molar-refractivity contribution in [1.82, 2.24) is 19.4 Å². The van der Waals surface area contributed by atoms with Gasteiger partial charge in [-0.1, -0.05) is 11.8 Å². The summed E-state index contributed by atoms with van der Waals surface area (Å²) in [5.74, 6) is -1.84. The lowest BCUT2D eigenvalue weighted by Gasteiger charge is -2.30. The first-order chi connectivity index (χ1) is 17.8. The molecule has 0 N–H and O–H groups in total. The van der Waals surface area contributed by atoms with Gasteiger partial charge in [0.1, 0.15) is 30.9 Å². The number of carbonyl (C=O) groups is 3. The molecule has 0 aliphatic rings. The molecule has 0 aromatic carbocycles. The standard InChI is InChI=1S/C22H30N6O9S/c1-12(36-14(3)30)19(37-15(4)31)17(9-34-13(2)29)35-11-27-8-16(28(32)33)18-20(23-10-26(5)6)24-22(38-7)25-21(18)27/h8,10,12,17,19H,9,11H2,1-7H3/b23-10+/t12?,17-,19+/m1/s1. The number of fused-ring (bicyclic) bond motifs is 1. The minimum Gasteiger partial charge on any atom is -0.463 e. The number of carbonyl (C=O) groups excluding carboxylic acids is 3. The topological polar surface area (TPSA) is 178 Å². The fourth-order valence-electron chi connectivity index (χ4n) is 3.33. The van der Waals surface area contributed by atoms with E-state index in [1.165, 1.54) is 49.6 Å². The molecule has 38 heavy (non-hydrogen) atoms. The van der Waals surface area contributed by atoms with Crippen molar-refractivity contribution in [3.8, 4) is 0 Å². The number of hydrogen-bond donors (Lipinski definition) is 0. The van der Waals surface area contributed by atoms with Gasteiger partial charge in [-0.05, 0) is 13.2 Å². The highest BCUT2D eigenvalue weighted by Gasteiger charge is 2.34. The monoisotopic (exact) mass is 554 g/mol. The molecule has 16 heteroatoms. The third-order valence-electron chi connectivity index (χ3n) is 4.81. The molecule has 2 aromatic heterocycles. The Balaban J connectivity index is 2.55. The summed E-state index contributed by atoms with van der Waals surface area (Å²) in [7, 11) is 3.48. The number of nitro groups is 1. The summed E-state index contributed by atoms with van der Waals surface area (Å²) in [5.41, 5.74) is -0.131. The minimum atomic E-state index is -1.16. The first-order valence-corrected chi connectivity index (χ1v) is 12.5. The van der Waals surface area contributed by atoms with Crippen molar-refractivity contribution in [3.63, 3.8) is 0 Å². The summed E-state index contributed by atoms with van der Waals surface area (Å²) >= 11 is 1.22. The molecule has 0 radical (unpaired) electrons. The van der Waals surface area contributed by atoms with E-state index < -0.39 is 41.1 Å². The maximum Gasteiger partial charge on any atom is 0.303 e. The van der Waals surface area contributed by atoms with Crippen LogP contribution in [-0.4, -0.2) is 93.9 Å². The Morgan fingerprint density at radius 3 is 2.37 bits per heavy atom. The summed E-state index contributed by atoms with van der Waals surface area (Å²) in [6, 6.07) is 0. The van der Waals surface area contributed by atoms with E-state index in [-0.39, 0.29) is 35.9 Å². The summed E-state index contributed by atoms with van der Waals surface area (Å²) in [6.45, 7) is 4.34. The Hall–Kier alpha value is -3.79. The van der Waals surface area contributed by atoms with Gasteiger partial charge in [0.05, 0.1) is 17.5 Å². The molecule has 0 fully saturated rings. The van der Waals surface area contributed by atoms with E-state index in [1.807, 2.05) is 0 Å². The number of rotatable bonds is 13. The van der Waals surface area contributed by atoms with Gasteiger partial charge in [-0.15, -0.1) is 0 Å². The van der Waals surface area contributed by atoms with E-state index in [4.69, 9.17) is 18.9 Å². The van der Waals surface area contributed by atoms with Crippen LogP contribution in [0.3, 0.4) is 0 Å².